The highest BCUT2D eigenvalue weighted by atomic mass is 16.3. The number of amides is 2. The van der Waals surface area contributed by atoms with Crippen molar-refractivity contribution in [1.82, 2.24) is 25.4 Å². The number of nitrogens with zero attached hydrogens (tertiary/aromatic N) is 2. The van der Waals surface area contributed by atoms with Crippen molar-refractivity contribution >= 4 is 33.8 Å². The molecule has 0 radical (unpaired) electrons. The molecule has 34 heavy (non-hydrogen) atoms. The van der Waals surface area contributed by atoms with E-state index in [1.54, 1.807) is 37.5 Å². The number of carbonyl (C=O) groups is 2. The molecule has 0 atom stereocenters. The highest BCUT2D eigenvalue weighted by molar-refractivity contribution is 6.03. The van der Waals surface area contributed by atoms with Gasteiger partial charge in [-0.1, -0.05) is 36.4 Å². The second-order valence-electron chi connectivity index (χ2n) is 7.79. The zero-order chi connectivity index (χ0) is 23.8. The average molecular weight is 453 g/mol. The molecule has 2 heterocycles. The third-order valence-corrected chi connectivity index (χ3v) is 5.62. The van der Waals surface area contributed by atoms with E-state index in [4.69, 9.17) is 0 Å². The number of aromatic amines is 1. The molecule has 0 spiro atoms. The number of rotatable bonds is 3. The lowest BCUT2D eigenvalue weighted by atomic mass is 10.0. The number of hydrogen-bond donors (Lipinski definition) is 4. The van der Waals surface area contributed by atoms with E-state index in [2.05, 4.69) is 20.8 Å². The van der Waals surface area contributed by atoms with Crippen LogP contribution in [-0.2, 0) is 7.05 Å². The van der Waals surface area contributed by atoms with E-state index >= 15 is 0 Å². The normalized spacial score (nSPS) is 11.0. The van der Waals surface area contributed by atoms with Crippen LogP contribution in [0.4, 0.5) is 0 Å². The topological polar surface area (TPSA) is 129 Å². The molecule has 0 saturated carbocycles. The molecule has 9 heteroatoms. The van der Waals surface area contributed by atoms with Gasteiger partial charge in [0, 0.05) is 24.4 Å². The molecule has 0 unspecified atom stereocenters. The molecule has 5 rings (SSSR count). The molecule has 2 aromatic heterocycles. The Bertz CT molecular complexity index is 1650. The Kier molecular flexibility index (Phi) is 5.06. The molecule has 0 saturated heterocycles. The van der Waals surface area contributed by atoms with E-state index in [0.717, 1.165) is 16.3 Å². The van der Waals surface area contributed by atoms with Crippen LogP contribution in [0.15, 0.2) is 77.7 Å². The zero-order valence-corrected chi connectivity index (χ0v) is 18.0. The van der Waals surface area contributed by atoms with Crippen molar-refractivity contribution in [3.63, 3.8) is 0 Å². The number of phenols is 1. The van der Waals surface area contributed by atoms with Crippen molar-refractivity contribution in [3.8, 4) is 16.9 Å². The van der Waals surface area contributed by atoms with Crippen molar-refractivity contribution in [2.24, 2.45) is 7.05 Å². The molecule has 4 N–H and O–H groups in total. The van der Waals surface area contributed by atoms with Gasteiger partial charge in [0.05, 0.1) is 11.1 Å². The minimum absolute atomic E-state index is 0.0456. The monoisotopic (exact) mass is 453 g/mol. The highest BCUT2D eigenvalue weighted by Gasteiger charge is 2.15. The molecular formula is C25H19N5O4. The van der Waals surface area contributed by atoms with Crippen LogP contribution in [0.2, 0.25) is 0 Å². The van der Waals surface area contributed by atoms with Gasteiger partial charge < -0.3 is 5.11 Å². The van der Waals surface area contributed by atoms with Gasteiger partial charge in [0.25, 0.3) is 11.8 Å². The van der Waals surface area contributed by atoms with Crippen molar-refractivity contribution in [2.45, 2.75) is 0 Å². The number of carbonyl (C=O) groups excluding carboxylic acids is 2. The first-order chi connectivity index (χ1) is 16.4. The Labute approximate surface area is 192 Å². The Hall–Kier alpha value is -4.92. The van der Waals surface area contributed by atoms with Crippen molar-refractivity contribution in [3.05, 3.63) is 94.5 Å². The largest absolute Gasteiger partial charge is 0.507 e. The van der Waals surface area contributed by atoms with Gasteiger partial charge in [-0.15, -0.1) is 0 Å². The van der Waals surface area contributed by atoms with Crippen LogP contribution in [-0.4, -0.2) is 31.5 Å². The van der Waals surface area contributed by atoms with Crippen LogP contribution < -0.4 is 16.5 Å². The number of H-pyrrole nitrogens is 1. The summed E-state index contributed by atoms with van der Waals surface area (Å²) in [6.45, 7) is 0. The van der Waals surface area contributed by atoms with Gasteiger partial charge in [-0.05, 0) is 46.7 Å². The first-order valence-corrected chi connectivity index (χ1v) is 10.4. The maximum Gasteiger partial charge on any atom is 0.327 e. The summed E-state index contributed by atoms with van der Waals surface area (Å²) in [5.41, 5.74) is 7.37. The van der Waals surface area contributed by atoms with Gasteiger partial charge >= 0.3 is 5.69 Å². The fraction of sp³-hybridized carbons (Fsp3) is 0.0400. The fourth-order valence-electron chi connectivity index (χ4n) is 3.76. The second kappa shape index (κ2) is 8.21. The summed E-state index contributed by atoms with van der Waals surface area (Å²) in [7, 11) is 1.65. The number of aromatic hydroxyl groups is 1. The number of nitrogens with one attached hydrogen (secondary N) is 3. The first kappa shape index (κ1) is 21.0. The average Bonchev–Trinajstić information content (AvgIpc) is 3.14. The van der Waals surface area contributed by atoms with Gasteiger partial charge in [-0.3, -0.25) is 30.0 Å². The number of aromatic nitrogens is 3. The van der Waals surface area contributed by atoms with Crippen LogP contribution in [0.3, 0.4) is 0 Å². The molecule has 0 fully saturated rings. The van der Waals surface area contributed by atoms with Gasteiger partial charge in [0.1, 0.15) is 5.75 Å². The van der Waals surface area contributed by atoms with Crippen molar-refractivity contribution in [2.75, 3.05) is 0 Å². The number of phenolic OH excluding ortho intramolecular Hbond substituents is 1. The SMILES string of the molecule is Cn1c(=O)[nH]c2ncc(-c3cccc(C(=O)NNC(=O)c4cc5ccccc5cc4O)c3)cc21. The van der Waals surface area contributed by atoms with E-state index in [1.807, 2.05) is 36.4 Å². The summed E-state index contributed by atoms with van der Waals surface area (Å²) in [6, 6.07) is 19.0. The number of hydrazine groups is 1. The quantitative estimate of drug-likeness (QED) is 0.312. The summed E-state index contributed by atoms with van der Waals surface area (Å²) in [6.07, 6.45) is 1.61. The van der Waals surface area contributed by atoms with Crippen LogP contribution in [0.5, 0.6) is 5.75 Å². The third-order valence-electron chi connectivity index (χ3n) is 5.62. The minimum Gasteiger partial charge on any atom is -0.507 e. The van der Waals surface area contributed by atoms with E-state index in [-0.39, 0.29) is 17.0 Å². The number of hydrogen-bond acceptors (Lipinski definition) is 5. The summed E-state index contributed by atoms with van der Waals surface area (Å²) < 4.78 is 1.46. The number of fused-ring (bicyclic) bond motifs is 2. The van der Waals surface area contributed by atoms with Gasteiger partial charge in [0.15, 0.2) is 5.65 Å². The third kappa shape index (κ3) is 3.75. The molecule has 2 amide bonds. The number of pyridine rings is 1. The summed E-state index contributed by atoms with van der Waals surface area (Å²) in [5.74, 6) is -1.36. The van der Waals surface area contributed by atoms with Crippen LogP contribution in [0.1, 0.15) is 20.7 Å². The van der Waals surface area contributed by atoms with Gasteiger partial charge in [-0.25, -0.2) is 9.78 Å². The maximum atomic E-state index is 12.7. The number of aryl methyl sites for hydroxylation is 1. The fourth-order valence-corrected chi connectivity index (χ4v) is 3.76. The minimum atomic E-state index is -0.643. The van der Waals surface area contributed by atoms with Crippen LogP contribution in [0, 0.1) is 0 Å². The summed E-state index contributed by atoms with van der Waals surface area (Å²) >= 11 is 0. The Balaban J connectivity index is 1.34. The molecule has 3 aromatic carbocycles. The van der Waals surface area contributed by atoms with E-state index < -0.39 is 11.8 Å². The number of imidazole rings is 1. The lowest BCUT2D eigenvalue weighted by molar-refractivity contribution is 0.0845. The van der Waals surface area contributed by atoms with E-state index in [1.165, 1.54) is 10.6 Å². The smallest absolute Gasteiger partial charge is 0.327 e. The molecular weight excluding hydrogens is 434 g/mol. The molecule has 168 valence electrons. The predicted octanol–water partition coefficient (Wildman–Crippen LogP) is 2.86. The van der Waals surface area contributed by atoms with Crippen LogP contribution in [0.25, 0.3) is 33.1 Å². The molecule has 9 nitrogen and oxygen atoms in total. The molecule has 5 aromatic rings. The Morgan fingerprint density at radius 3 is 2.44 bits per heavy atom. The van der Waals surface area contributed by atoms with Gasteiger partial charge in [0.2, 0.25) is 0 Å². The summed E-state index contributed by atoms with van der Waals surface area (Å²) in [5, 5.41) is 11.8. The Morgan fingerprint density at radius 2 is 1.65 bits per heavy atom. The standard InChI is InChI=1S/C25H19N5O4/c1-30-20-11-18(13-26-22(20)27-25(30)34)14-7-4-8-17(9-14)23(32)28-29-24(33)19-10-15-5-2-3-6-16(15)12-21(19)31/h2-13,31H,1H3,(H,28,32)(H,29,33)(H,26,27,34). The number of benzene rings is 3. The van der Waals surface area contributed by atoms with Crippen molar-refractivity contribution in [1.29, 1.82) is 0 Å². The van der Waals surface area contributed by atoms with Crippen LogP contribution >= 0.6 is 0 Å². The molecule has 0 aliphatic carbocycles. The lowest BCUT2D eigenvalue weighted by Gasteiger charge is -2.10. The van der Waals surface area contributed by atoms with Gasteiger partial charge in [-0.2, -0.15) is 0 Å². The summed E-state index contributed by atoms with van der Waals surface area (Å²) in [4.78, 5) is 44.0. The lowest BCUT2D eigenvalue weighted by Crippen LogP contribution is -2.41. The zero-order valence-electron chi connectivity index (χ0n) is 18.0. The molecule has 0 bridgehead atoms. The Morgan fingerprint density at radius 1 is 0.912 bits per heavy atom. The highest BCUT2D eigenvalue weighted by Crippen LogP contribution is 2.25. The van der Waals surface area contributed by atoms with Crippen molar-refractivity contribution < 1.29 is 14.7 Å². The molecule has 0 aliphatic rings. The van der Waals surface area contributed by atoms with E-state index in [0.29, 0.717) is 22.3 Å². The first-order valence-electron chi connectivity index (χ1n) is 10.4. The predicted molar refractivity (Wildman–Crippen MR) is 127 cm³/mol. The molecule has 0 aliphatic heterocycles. The second-order valence-corrected chi connectivity index (χ2v) is 7.79. The maximum absolute atomic E-state index is 12.7. The van der Waals surface area contributed by atoms with E-state index in [9.17, 15) is 19.5 Å².